The van der Waals surface area contributed by atoms with Gasteiger partial charge in [-0.15, -0.1) is 11.3 Å². The van der Waals surface area contributed by atoms with Crippen molar-refractivity contribution >= 4 is 23.2 Å². The van der Waals surface area contributed by atoms with E-state index in [0.717, 1.165) is 16.8 Å². The molecule has 0 aliphatic heterocycles. The summed E-state index contributed by atoms with van der Waals surface area (Å²) in [7, 11) is 0. The molecule has 3 N–H and O–H groups in total. The maximum absolute atomic E-state index is 13.4. The summed E-state index contributed by atoms with van der Waals surface area (Å²) in [5, 5.41) is 11.1. The molecular formula is C27H27F4N7O2S. The van der Waals surface area contributed by atoms with Crippen molar-refractivity contribution < 1.29 is 27.2 Å². The number of rotatable bonds is 6. The Bertz CT molecular complexity index is 1550. The lowest BCUT2D eigenvalue weighted by atomic mass is 10.1. The van der Waals surface area contributed by atoms with E-state index in [1.54, 1.807) is 25.1 Å². The summed E-state index contributed by atoms with van der Waals surface area (Å²) in [6.07, 6.45) is -1.05. The van der Waals surface area contributed by atoms with Gasteiger partial charge < -0.3 is 10.6 Å². The van der Waals surface area contributed by atoms with Crippen LogP contribution in [0.25, 0.3) is 10.7 Å². The number of carbonyl (C=O) groups excluding carboxylic acids is 2. The fourth-order valence-corrected chi connectivity index (χ4v) is 5.27. The van der Waals surface area contributed by atoms with Crippen LogP contribution in [0.3, 0.4) is 0 Å². The number of aryl methyl sites for hydroxylation is 2. The molecule has 1 unspecified atom stereocenters. The number of nitrogens with one attached hydrogen (secondary N) is 3. The summed E-state index contributed by atoms with van der Waals surface area (Å²) in [6, 6.07) is 7.11. The van der Waals surface area contributed by atoms with Crippen LogP contribution in [-0.2, 0) is 19.1 Å². The van der Waals surface area contributed by atoms with Crippen LogP contribution in [0.4, 0.5) is 17.6 Å². The first-order chi connectivity index (χ1) is 19.5. The summed E-state index contributed by atoms with van der Waals surface area (Å²) < 4.78 is 52.0. The van der Waals surface area contributed by atoms with Crippen LogP contribution in [0.5, 0.6) is 0 Å². The van der Waals surface area contributed by atoms with Crippen LogP contribution in [0.2, 0.25) is 0 Å². The fraction of sp³-hybridized carbons (Fsp3) is 0.333. The van der Waals surface area contributed by atoms with Gasteiger partial charge in [-0.25, -0.2) is 19.3 Å². The van der Waals surface area contributed by atoms with Crippen LogP contribution < -0.4 is 10.6 Å². The Morgan fingerprint density at radius 2 is 1.80 bits per heavy atom. The third kappa shape index (κ3) is 7.12. The molecule has 41 heavy (non-hydrogen) atoms. The predicted octanol–water partition coefficient (Wildman–Crippen LogP) is 5.55. The first kappa shape index (κ1) is 29.8. The molecule has 14 heteroatoms. The number of hydrogen-bond donors (Lipinski definition) is 3. The lowest BCUT2D eigenvalue weighted by molar-refractivity contribution is -0.144. The molecule has 5 rings (SSSR count). The van der Waals surface area contributed by atoms with Crippen molar-refractivity contribution in [2.45, 2.75) is 58.8 Å². The van der Waals surface area contributed by atoms with Crippen molar-refractivity contribution in [3.05, 3.63) is 81.3 Å². The normalized spacial score (nSPS) is 14.2. The van der Waals surface area contributed by atoms with E-state index in [1.807, 2.05) is 5.10 Å². The number of amides is 2. The van der Waals surface area contributed by atoms with Crippen molar-refractivity contribution in [3.63, 3.8) is 0 Å². The summed E-state index contributed by atoms with van der Waals surface area (Å²) >= 11 is 1.21. The molecular weight excluding hydrogens is 562 g/mol. The van der Waals surface area contributed by atoms with E-state index in [4.69, 9.17) is 0 Å². The molecule has 1 atom stereocenters. The van der Waals surface area contributed by atoms with Gasteiger partial charge in [-0.3, -0.25) is 14.7 Å². The number of aromatic nitrogens is 5. The molecule has 0 fully saturated rings. The molecule has 0 saturated heterocycles. The van der Waals surface area contributed by atoms with E-state index in [0.29, 0.717) is 28.8 Å². The Balaban J connectivity index is 0.00000124. The minimum Gasteiger partial charge on any atom is -0.347 e. The van der Waals surface area contributed by atoms with E-state index in [2.05, 4.69) is 44.5 Å². The topological polar surface area (TPSA) is 126 Å². The number of thiophene rings is 1. The lowest BCUT2D eigenvalue weighted by Gasteiger charge is -2.12. The molecule has 0 radical (unpaired) electrons. The zero-order valence-corrected chi connectivity index (χ0v) is 23.2. The van der Waals surface area contributed by atoms with Gasteiger partial charge in [-0.1, -0.05) is 32.4 Å². The molecule has 0 spiro atoms. The van der Waals surface area contributed by atoms with Crippen LogP contribution in [0, 0.1) is 12.7 Å². The average molecular weight is 590 g/mol. The highest BCUT2D eigenvalue weighted by Gasteiger charge is 2.36. The Morgan fingerprint density at radius 3 is 2.46 bits per heavy atom. The SMILES string of the molecule is CCC.Cc1cc(CNC(=O)c2cc(C(=O)NC3CCc4cc(-c5n[nH]c(C(F)(F)F)n5)sc43)ncn2)ccc1F. The number of carbonyl (C=O) groups is 2. The third-order valence-corrected chi connectivity index (χ3v) is 7.23. The number of alkyl halides is 3. The van der Waals surface area contributed by atoms with E-state index >= 15 is 0 Å². The molecule has 0 saturated carbocycles. The first-order valence-corrected chi connectivity index (χ1v) is 13.6. The minimum atomic E-state index is -4.63. The number of halogens is 4. The van der Waals surface area contributed by atoms with Gasteiger partial charge >= 0.3 is 6.18 Å². The number of fused-ring (bicyclic) bond motifs is 1. The van der Waals surface area contributed by atoms with Crippen molar-refractivity contribution in [1.29, 1.82) is 0 Å². The maximum atomic E-state index is 13.4. The van der Waals surface area contributed by atoms with Crippen molar-refractivity contribution in [2.75, 3.05) is 0 Å². The second-order valence-electron chi connectivity index (χ2n) is 9.33. The van der Waals surface area contributed by atoms with E-state index in [9.17, 15) is 27.2 Å². The van der Waals surface area contributed by atoms with Crippen molar-refractivity contribution in [1.82, 2.24) is 35.8 Å². The summed E-state index contributed by atoms with van der Waals surface area (Å²) in [5.41, 5.74) is 2.03. The summed E-state index contributed by atoms with van der Waals surface area (Å²) in [5.74, 6) is -2.64. The molecule has 1 aliphatic carbocycles. The van der Waals surface area contributed by atoms with Crippen molar-refractivity contribution in [3.8, 4) is 10.7 Å². The molecule has 1 aliphatic rings. The zero-order chi connectivity index (χ0) is 29.7. The molecule has 9 nitrogen and oxygen atoms in total. The van der Waals surface area contributed by atoms with E-state index in [1.165, 1.54) is 29.9 Å². The molecule has 1 aromatic carbocycles. The average Bonchev–Trinajstić information content (AvgIpc) is 3.67. The van der Waals surface area contributed by atoms with Gasteiger partial charge in [-0.2, -0.15) is 18.3 Å². The molecule has 4 aromatic rings. The van der Waals surface area contributed by atoms with E-state index < -0.39 is 23.8 Å². The van der Waals surface area contributed by atoms with Gasteiger partial charge in [0.2, 0.25) is 5.82 Å². The summed E-state index contributed by atoms with van der Waals surface area (Å²) in [6.45, 7) is 6.02. The molecule has 3 heterocycles. The Kier molecular flexibility index (Phi) is 9.11. The van der Waals surface area contributed by atoms with Gasteiger partial charge in [0.25, 0.3) is 11.8 Å². The standard InChI is InChI=1S/C24H19F4N7O2S.C3H8/c1-11-6-12(2-4-14(11)25)9-29-21(36)16-8-17(31-10-30-16)22(37)32-15-5-3-13-7-18(38-19(13)15)20-33-23(35-34-20)24(26,27)28;1-3-2/h2,4,6-8,10,15H,3,5,9H2,1H3,(H,29,36)(H,32,37)(H,33,34,35);3H2,1-2H3. The van der Waals surface area contributed by atoms with E-state index in [-0.39, 0.29) is 35.6 Å². The minimum absolute atomic E-state index is 0.0143. The largest absolute Gasteiger partial charge is 0.451 e. The highest BCUT2D eigenvalue weighted by atomic mass is 32.1. The Morgan fingerprint density at radius 1 is 1.10 bits per heavy atom. The molecule has 3 aromatic heterocycles. The zero-order valence-electron chi connectivity index (χ0n) is 22.4. The highest BCUT2D eigenvalue weighted by molar-refractivity contribution is 7.15. The lowest BCUT2D eigenvalue weighted by Crippen LogP contribution is -2.29. The molecule has 216 valence electrons. The second kappa shape index (κ2) is 12.5. The van der Waals surface area contributed by atoms with Crippen molar-refractivity contribution in [2.24, 2.45) is 0 Å². The number of nitrogens with zero attached hydrogens (tertiary/aromatic N) is 4. The van der Waals surface area contributed by atoms with Gasteiger partial charge in [0.05, 0.1) is 10.9 Å². The Labute approximate surface area is 236 Å². The quantitative estimate of drug-likeness (QED) is 0.253. The van der Waals surface area contributed by atoms with Gasteiger partial charge in [0, 0.05) is 17.5 Å². The third-order valence-electron chi connectivity index (χ3n) is 5.95. The van der Waals surface area contributed by atoms with Gasteiger partial charge in [-0.05, 0) is 48.6 Å². The first-order valence-electron chi connectivity index (χ1n) is 12.8. The van der Waals surface area contributed by atoms with Crippen LogP contribution in [0.1, 0.15) is 81.1 Å². The number of aromatic amines is 1. The summed E-state index contributed by atoms with van der Waals surface area (Å²) in [4.78, 5) is 38.1. The van der Waals surface area contributed by atoms with Gasteiger partial charge in [0.15, 0.2) is 5.82 Å². The number of benzene rings is 1. The molecule has 0 bridgehead atoms. The number of H-pyrrole nitrogens is 1. The van der Waals surface area contributed by atoms with Crippen LogP contribution >= 0.6 is 11.3 Å². The smallest absolute Gasteiger partial charge is 0.347 e. The Hall–Kier alpha value is -4.20. The monoisotopic (exact) mass is 589 g/mol. The fourth-order valence-electron chi connectivity index (χ4n) is 4.04. The maximum Gasteiger partial charge on any atom is 0.451 e. The van der Waals surface area contributed by atoms with Gasteiger partial charge in [0.1, 0.15) is 23.5 Å². The number of hydrogen-bond acceptors (Lipinski definition) is 7. The molecule has 2 amide bonds. The van der Waals surface area contributed by atoms with Crippen LogP contribution in [-0.4, -0.2) is 37.0 Å². The second-order valence-corrected chi connectivity index (χ2v) is 10.4. The highest BCUT2D eigenvalue weighted by Crippen LogP contribution is 2.41. The predicted molar refractivity (Wildman–Crippen MR) is 144 cm³/mol. The van der Waals surface area contributed by atoms with Crippen LogP contribution in [0.15, 0.2) is 36.7 Å².